The van der Waals surface area contributed by atoms with E-state index in [4.69, 9.17) is 0 Å². The van der Waals surface area contributed by atoms with E-state index >= 15 is 0 Å². The van der Waals surface area contributed by atoms with Gasteiger partial charge in [0, 0.05) is 12.8 Å². The molecule has 23 heavy (non-hydrogen) atoms. The molecule has 0 fully saturated rings. The Morgan fingerprint density at radius 3 is 2.22 bits per heavy atom. The summed E-state index contributed by atoms with van der Waals surface area (Å²) in [5.74, 6) is -0.0285. The molecule has 0 unspecified atom stereocenters. The summed E-state index contributed by atoms with van der Waals surface area (Å²) in [6.07, 6.45) is 16.5. The number of esters is 1. The van der Waals surface area contributed by atoms with Gasteiger partial charge in [0.1, 0.15) is 0 Å². The average Bonchev–Trinajstić information content (AvgIpc) is 2.56. The molecule has 1 N–H and O–H groups in total. The second-order valence-electron chi connectivity index (χ2n) is 5.41. The number of hydrogen-bond acceptors (Lipinski definition) is 4. The monoisotopic (exact) mass is 322 g/mol. The van der Waals surface area contributed by atoms with E-state index in [1.165, 1.54) is 7.11 Å². The third-order valence-electron chi connectivity index (χ3n) is 3.40. The summed E-state index contributed by atoms with van der Waals surface area (Å²) < 4.78 is 4.58. The predicted molar refractivity (Wildman–Crippen MR) is 93.1 cm³/mol. The van der Waals surface area contributed by atoms with E-state index in [2.05, 4.69) is 4.74 Å². The molecule has 130 valence electrons. The second kappa shape index (κ2) is 15.2. The van der Waals surface area contributed by atoms with Gasteiger partial charge in [0.2, 0.25) is 0 Å². The van der Waals surface area contributed by atoms with Crippen molar-refractivity contribution >= 4 is 11.8 Å². The predicted octanol–water partition coefficient (Wildman–Crippen LogP) is 3.90. The van der Waals surface area contributed by atoms with Crippen LogP contribution in [-0.4, -0.2) is 30.1 Å². The first-order valence-corrected chi connectivity index (χ1v) is 8.39. The highest BCUT2D eigenvalue weighted by Crippen LogP contribution is 2.08. The number of hydrogen-bond donors (Lipinski definition) is 1. The molecule has 4 nitrogen and oxygen atoms in total. The topological polar surface area (TPSA) is 63.6 Å². The molecule has 0 saturated carbocycles. The molecule has 0 aliphatic rings. The maximum Gasteiger partial charge on any atom is 0.305 e. The molecule has 0 aromatic heterocycles. The van der Waals surface area contributed by atoms with Crippen molar-refractivity contribution in [1.82, 2.24) is 0 Å². The fourth-order valence-corrected chi connectivity index (χ4v) is 1.90. The number of ketones is 1. The van der Waals surface area contributed by atoms with Crippen molar-refractivity contribution in [1.29, 1.82) is 0 Å². The number of unbranched alkanes of at least 4 members (excludes halogenated alkanes) is 4. The van der Waals surface area contributed by atoms with Crippen molar-refractivity contribution in [3.63, 3.8) is 0 Å². The van der Waals surface area contributed by atoms with Crippen LogP contribution in [0.2, 0.25) is 0 Å². The quantitative estimate of drug-likeness (QED) is 0.242. The zero-order valence-electron chi connectivity index (χ0n) is 14.4. The number of carbonyl (C=O) groups excluding carboxylic acids is 2. The molecular weight excluding hydrogens is 292 g/mol. The van der Waals surface area contributed by atoms with E-state index in [1.54, 1.807) is 36.5 Å². The number of aliphatic hydroxyl groups excluding tert-OH is 1. The molecule has 1 atom stereocenters. The lowest BCUT2D eigenvalue weighted by molar-refractivity contribution is -0.140. The number of ether oxygens (including phenoxy) is 1. The molecule has 0 aromatic rings. The summed E-state index contributed by atoms with van der Waals surface area (Å²) in [6.45, 7) is 1.91. The minimum atomic E-state index is -0.405. The standard InChI is InChI=1S/C19H30O4/c1-3-17(20)13-9-7-8-11-15-18(21)14-10-5-4-6-12-16-19(22)23-2/h7-9,11,13,15,17,20H,3-6,10,12,14,16H2,1-2H3/b8-7-,13-9-,15-11+/t17-/m1/s1. The maximum absolute atomic E-state index is 11.6. The zero-order valence-corrected chi connectivity index (χ0v) is 14.4. The third-order valence-corrected chi connectivity index (χ3v) is 3.40. The SMILES string of the molecule is CC[C@@H](O)\C=C/C=C\C=C\C(=O)CCCCCCCC(=O)OC. The Kier molecular flexibility index (Phi) is 14.1. The zero-order chi connectivity index (χ0) is 17.3. The number of rotatable bonds is 13. The van der Waals surface area contributed by atoms with Crippen molar-refractivity contribution in [2.75, 3.05) is 7.11 Å². The van der Waals surface area contributed by atoms with Crippen molar-refractivity contribution < 1.29 is 19.4 Å². The van der Waals surface area contributed by atoms with Crippen molar-refractivity contribution in [2.24, 2.45) is 0 Å². The van der Waals surface area contributed by atoms with Crippen LogP contribution in [0.5, 0.6) is 0 Å². The van der Waals surface area contributed by atoms with Crippen LogP contribution in [0, 0.1) is 0 Å². The van der Waals surface area contributed by atoms with Gasteiger partial charge < -0.3 is 9.84 Å². The van der Waals surface area contributed by atoms with Gasteiger partial charge in [0.15, 0.2) is 5.78 Å². The van der Waals surface area contributed by atoms with Crippen LogP contribution in [0.3, 0.4) is 0 Å². The number of methoxy groups -OCH3 is 1. The van der Waals surface area contributed by atoms with Crippen molar-refractivity contribution in [2.45, 2.75) is 64.4 Å². The van der Waals surface area contributed by atoms with E-state index in [-0.39, 0.29) is 11.8 Å². The first-order valence-electron chi connectivity index (χ1n) is 8.39. The minimum Gasteiger partial charge on any atom is -0.469 e. The van der Waals surface area contributed by atoms with Crippen LogP contribution in [0.4, 0.5) is 0 Å². The molecule has 0 aliphatic heterocycles. The van der Waals surface area contributed by atoms with Gasteiger partial charge in [-0.05, 0) is 25.3 Å². The second-order valence-corrected chi connectivity index (χ2v) is 5.41. The molecule has 0 radical (unpaired) electrons. The average molecular weight is 322 g/mol. The van der Waals surface area contributed by atoms with E-state index in [0.29, 0.717) is 19.3 Å². The summed E-state index contributed by atoms with van der Waals surface area (Å²) in [7, 11) is 1.40. The number of aliphatic hydroxyl groups is 1. The van der Waals surface area contributed by atoms with Crippen LogP contribution >= 0.6 is 0 Å². The Balaban J connectivity index is 3.60. The van der Waals surface area contributed by atoms with E-state index < -0.39 is 6.10 Å². The van der Waals surface area contributed by atoms with E-state index in [1.807, 2.05) is 6.92 Å². The van der Waals surface area contributed by atoms with Gasteiger partial charge in [-0.2, -0.15) is 0 Å². The molecule has 0 amide bonds. The van der Waals surface area contributed by atoms with Crippen LogP contribution in [0.1, 0.15) is 58.3 Å². The molecule has 0 saturated heterocycles. The first kappa shape index (κ1) is 21.3. The summed E-state index contributed by atoms with van der Waals surface area (Å²) in [4.78, 5) is 22.5. The normalized spacial score (nSPS) is 13.2. The van der Waals surface area contributed by atoms with Gasteiger partial charge in [-0.25, -0.2) is 0 Å². The first-order chi connectivity index (χ1) is 11.1. The van der Waals surface area contributed by atoms with Gasteiger partial charge in [-0.1, -0.05) is 56.6 Å². The van der Waals surface area contributed by atoms with Crippen LogP contribution < -0.4 is 0 Å². The summed E-state index contributed by atoms with van der Waals surface area (Å²) in [5, 5.41) is 9.30. The lowest BCUT2D eigenvalue weighted by Crippen LogP contribution is -1.99. The van der Waals surface area contributed by atoms with E-state index in [9.17, 15) is 14.7 Å². The van der Waals surface area contributed by atoms with Crippen molar-refractivity contribution in [3.8, 4) is 0 Å². The van der Waals surface area contributed by atoms with Gasteiger partial charge in [0.05, 0.1) is 13.2 Å². The maximum atomic E-state index is 11.6. The Bertz CT molecular complexity index is 408. The number of allylic oxidation sites excluding steroid dienone is 5. The highest BCUT2D eigenvalue weighted by Gasteiger charge is 2.00. The van der Waals surface area contributed by atoms with Gasteiger partial charge in [-0.3, -0.25) is 9.59 Å². The molecule has 0 bridgehead atoms. The highest BCUT2D eigenvalue weighted by molar-refractivity contribution is 5.89. The Morgan fingerprint density at radius 2 is 1.57 bits per heavy atom. The van der Waals surface area contributed by atoms with Crippen molar-refractivity contribution in [3.05, 3.63) is 36.5 Å². The molecule has 4 heteroatoms. The van der Waals surface area contributed by atoms with Crippen LogP contribution in [-0.2, 0) is 14.3 Å². The third kappa shape index (κ3) is 15.0. The van der Waals surface area contributed by atoms with Gasteiger partial charge >= 0.3 is 5.97 Å². The Morgan fingerprint density at radius 1 is 0.957 bits per heavy atom. The lowest BCUT2D eigenvalue weighted by Gasteiger charge is -2.00. The largest absolute Gasteiger partial charge is 0.469 e. The molecule has 0 heterocycles. The molecule has 0 rings (SSSR count). The Labute approximate surface area is 139 Å². The molecule has 0 aromatic carbocycles. The Hall–Kier alpha value is -1.68. The van der Waals surface area contributed by atoms with E-state index in [0.717, 1.165) is 32.1 Å². The molecular formula is C19H30O4. The van der Waals surface area contributed by atoms with Crippen LogP contribution in [0.25, 0.3) is 0 Å². The minimum absolute atomic E-state index is 0.127. The molecule has 0 aliphatic carbocycles. The van der Waals surface area contributed by atoms with Gasteiger partial charge in [0.25, 0.3) is 0 Å². The lowest BCUT2D eigenvalue weighted by atomic mass is 10.1. The van der Waals surface area contributed by atoms with Gasteiger partial charge in [-0.15, -0.1) is 0 Å². The smallest absolute Gasteiger partial charge is 0.305 e. The fourth-order valence-electron chi connectivity index (χ4n) is 1.90. The number of carbonyl (C=O) groups is 2. The molecule has 0 spiro atoms. The summed E-state index contributed by atoms with van der Waals surface area (Å²) in [6, 6.07) is 0. The summed E-state index contributed by atoms with van der Waals surface area (Å²) >= 11 is 0. The fraction of sp³-hybridized carbons (Fsp3) is 0.579. The highest BCUT2D eigenvalue weighted by atomic mass is 16.5. The van der Waals surface area contributed by atoms with Crippen LogP contribution in [0.15, 0.2) is 36.5 Å². The summed E-state index contributed by atoms with van der Waals surface area (Å²) in [5.41, 5.74) is 0.